The maximum absolute atomic E-state index is 4.95. The molecule has 0 spiro atoms. The number of hydrogen-bond donors (Lipinski definition) is 0. The predicted octanol–water partition coefficient (Wildman–Crippen LogP) is 5.29. The van der Waals surface area contributed by atoms with E-state index in [1.165, 1.54) is 32.6 Å². The molecule has 0 aliphatic carbocycles. The van der Waals surface area contributed by atoms with Gasteiger partial charge in [-0.25, -0.2) is 4.98 Å². The van der Waals surface area contributed by atoms with Crippen molar-refractivity contribution in [3.8, 4) is 0 Å². The Hall–Kier alpha value is -3.33. The Balaban J connectivity index is 1.86. The minimum atomic E-state index is 1.02. The van der Waals surface area contributed by atoms with Gasteiger partial charge < -0.3 is 4.57 Å². The largest absolute Gasteiger partial charge is 0.344 e. The Morgan fingerprint density at radius 1 is 0.720 bits per heavy atom. The molecule has 3 nitrogen and oxygen atoms in total. The number of fused-ring (bicyclic) bond motifs is 8. The van der Waals surface area contributed by atoms with E-state index in [0.717, 1.165) is 16.7 Å². The number of rotatable bonds is 0. The number of pyridine rings is 1. The molecule has 0 aliphatic heterocycles. The van der Waals surface area contributed by atoms with Crippen LogP contribution in [0.15, 0.2) is 72.9 Å². The second-order valence-electron chi connectivity index (χ2n) is 6.64. The lowest BCUT2D eigenvalue weighted by molar-refractivity contribution is 1.01. The van der Waals surface area contributed by atoms with Crippen LogP contribution < -0.4 is 0 Å². The first kappa shape index (κ1) is 13.0. The molecule has 0 saturated carbocycles. The molecule has 25 heavy (non-hydrogen) atoms. The van der Waals surface area contributed by atoms with Gasteiger partial charge >= 0.3 is 0 Å². The summed E-state index contributed by atoms with van der Waals surface area (Å²) in [5.74, 6) is 0. The van der Waals surface area contributed by atoms with E-state index in [1.54, 1.807) is 0 Å². The maximum Gasteiger partial charge on any atom is 0.145 e. The summed E-state index contributed by atoms with van der Waals surface area (Å²) >= 11 is 0. The predicted molar refractivity (Wildman–Crippen MR) is 104 cm³/mol. The van der Waals surface area contributed by atoms with E-state index in [0.29, 0.717) is 0 Å². The standard InChI is InChI=1S/C22H15N3/c1-24-19-9-5-4-8-16(19)17-12-21-18(13-20(17)24)23-22-15-7-3-2-6-14(15)10-11-25(21)22/h2-13H,1H3. The van der Waals surface area contributed by atoms with Crippen LogP contribution in [0.5, 0.6) is 0 Å². The Morgan fingerprint density at radius 2 is 1.52 bits per heavy atom. The smallest absolute Gasteiger partial charge is 0.145 e. The zero-order valence-electron chi connectivity index (χ0n) is 13.8. The van der Waals surface area contributed by atoms with Crippen LogP contribution in [0.3, 0.4) is 0 Å². The van der Waals surface area contributed by atoms with Gasteiger partial charge in [0, 0.05) is 34.9 Å². The van der Waals surface area contributed by atoms with Gasteiger partial charge in [0.25, 0.3) is 0 Å². The lowest BCUT2D eigenvalue weighted by Gasteiger charge is -2.01. The molecule has 0 saturated heterocycles. The van der Waals surface area contributed by atoms with Crippen LogP contribution in [0.25, 0.3) is 49.3 Å². The molecular weight excluding hydrogens is 306 g/mol. The first-order valence-corrected chi connectivity index (χ1v) is 8.48. The van der Waals surface area contributed by atoms with Crippen molar-refractivity contribution in [1.82, 2.24) is 14.0 Å². The molecule has 3 aromatic carbocycles. The average Bonchev–Trinajstić information content (AvgIpc) is 3.16. The Labute approximate surface area is 143 Å². The molecule has 0 aliphatic rings. The molecular formula is C22H15N3. The third-order valence-electron chi connectivity index (χ3n) is 5.33. The zero-order chi connectivity index (χ0) is 16.5. The van der Waals surface area contributed by atoms with E-state index in [4.69, 9.17) is 4.98 Å². The van der Waals surface area contributed by atoms with Crippen molar-refractivity contribution in [2.45, 2.75) is 0 Å². The normalized spacial score (nSPS) is 12.2. The van der Waals surface area contributed by atoms with Crippen molar-refractivity contribution < 1.29 is 0 Å². The number of hydrogen-bond acceptors (Lipinski definition) is 1. The van der Waals surface area contributed by atoms with Crippen molar-refractivity contribution in [3.63, 3.8) is 0 Å². The molecule has 0 atom stereocenters. The van der Waals surface area contributed by atoms with Crippen molar-refractivity contribution in [2.24, 2.45) is 7.05 Å². The highest BCUT2D eigenvalue weighted by atomic mass is 15.0. The molecule has 3 heterocycles. The van der Waals surface area contributed by atoms with Crippen LogP contribution >= 0.6 is 0 Å². The molecule has 0 fully saturated rings. The van der Waals surface area contributed by atoms with Gasteiger partial charge in [-0.3, -0.25) is 4.40 Å². The van der Waals surface area contributed by atoms with Gasteiger partial charge in [-0.05, 0) is 29.7 Å². The monoisotopic (exact) mass is 321 g/mol. The van der Waals surface area contributed by atoms with Crippen molar-refractivity contribution in [3.05, 3.63) is 72.9 Å². The highest BCUT2D eigenvalue weighted by Gasteiger charge is 2.13. The number of aryl methyl sites for hydroxylation is 1. The van der Waals surface area contributed by atoms with Crippen molar-refractivity contribution in [1.29, 1.82) is 0 Å². The fraction of sp³-hybridized carbons (Fsp3) is 0.0455. The number of aromatic nitrogens is 3. The summed E-state index contributed by atoms with van der Waals surface area (Å²) in [6.07, 6.45) is 2.13. The minimum Gasteiger partial charge on any atom is -0.344 e. The number of para-hydroxylation sites is 1. The van der Waals surface area contributed by atoms with E-state index in [1.807, 2.05) is 0 Å². The molecule has 118 valence electrons. The third kappa shape index (κ3) is 1.57. The fourth-order valence-electron chi connectivity index (χ4n) is 4.09. The Bertz CT molecular complexity index is 1450. The highest BCUT2D eigenvalue weighted by Crippen LogP contribution is 2.32. The van der Waals surface area contributed by atoms with Crippen LogP contribution in [0.1, 0.15) is 0 Å². The first-order chi connectivity index (χ1) is 12.3. The van der Waals surface area contributed by atoms with Gasteiger partial charge in [0.1, 0.15) is 5.65 Å². The zero-order valence-corrected chi connectivity index (χ0v) is 13.8. The van der Waals surface area contributed by atoms with Crippen LogP contribution in [0, 0.1) is 0 Å². The summed E-state index contributed by atoms with van der Waals surface area (Å²) in [6.45, 7) is 0. The molecule has 0 amide bonds. The van der Waals surface area contributed by atoms with Crippen LogP contribution in [-0.4, -0.2) is 14.0 Å². The van der Waals surface area contributed by atoms with Gasteiger partial charge in [-0.2, -0.15) is 0 Å². The topological polar surface area (TPSA) is 22.2 Å². The number of imidazole rings is 1. The van der Waals surface area contributed by atoms with Crippen LogP contribution in [0.2, 0.25) is 0 Å². The molecule has 0 bridgehead atoms. The average molecular weight is 321 g/mol. The van der Waals surface area contributed by atoms with E-state index in [9.17, 15) is 0 Å². The van der Waals surface area contributed by atoms with Gasteiger partial charge in [0.05, 0.1) is 16.6 Å². The lowest BCUT2D eigenvalue weighted by atomic mass is 10.1. The molecule has 6 aromatic rings. The molecule has 6 rings (SSSR count). The fourth-order valence-corrected chi connectivity index (χ4v) is 4.09. The summed E-state index contributed by atoms with van der Waals surface area (Å²) in [7, 11) is 2.13. The minimum absolute atomic E-state index is 1.02. The quantitative estimate of drug-likeness (QED) is 0.373. The van der Waals surface area contributed by atoms with Gasteiger partial charge in [-0.1, -0.05) is 42.5 Å². The second kappa shape index (κ2) is 4.39. The highest BCUT2D eigenvalue weighted by molar-refractivity contribution is 6.12. The molecule has 3 heteroatoms. The summed E-state index contributed by atoms with van der Waals surface area (Å²) in [5.41, 5.74) is 5.69. The van der Waals surface area contributed by atoms with Crippen molar-refractivity contribution in [2.75, 3.05) is 0 Å². The van der Waals surface area contributed by atoms with Crippen LogP contribution in [0.4, 0.5) is 0 Å². The number of nitrogens with zero attached hydrogens (tertiary/aromatic N) is 3. The maximum atomic E-state index is 4.95. The Kier molecular flexibility index (Phi) is 2.29. The Morgan fingerprint density at radius 3 is 2.44 bits per heavy atom. The SMILES string of the molecule is Cn1c2ccccc2c2cc3c(cc21)nc1c2ccccc2ccn31. The number of benzene rings is 3. The van der Waals surface area contributed by atoms with Gasteiger partial charge in [-0.15, -0.1) is 0 Å². The van der Waals surface area contributed by atoms with Gasteiger partial charge in [0.2, 0.25) is 0 Å². The van der Waals surface area contributed by atoms with E-state index in [2.05, 4.69) is 88.9 Å². The molecule has 0 N–H and O–H groups in total. The van der Waals surface area contributed by atoms with Gasteiger partial charge in [0.15, 0.2) is 0 Å². The second-order valence-corrected chi connectivity index (χ2v) is 6.64. The molecule has 0 radical (unpaired) electrons. The summed E-state index contributed by atoms with van der Waals surface area (Å²) in [6, 6.07) is 23.7. The van der Waals surface area contributed by atoms with E-state index in [-0.39, 0.29) is 0 Å². The molecule has 3 aromatic heterocycles. The van der Waals surface area contributed by atoms with E-state index >= 15 is 0 Å². The lowest BCUT2D eigenvalue weighted by Crippen LogP contribution is -1.86. The molecule has 0 unspecified atom stereocenters. The summed E-state index contributed by atoms with van der Waals surface area (Å²) < 4.78 is 4.46. The van der Waals surface area contributed by atoms with Crippen LogP contribution in [-0.2, 0) is 7.05 Å². The summed E-state index contributed by atoms with van der Waals surface area (Å²) in [4.78, 5) is 4.95. The summed E-state index contributed by atoms with van der Waals surface area (Å²) in [5, 5.41) is 4.98. The van der Waals surface area contributed by atoms with Crippen molar-refractivity contribution >= 4 is 49.3 Å². The third-order valence-corrected chi connectivity index (χ3v) is 5.33. The first-order valence-electron chi connectivity index (χ1n) is 8.48. The van der Waals surface area contributed by atoms with E-state index < -0.39 is 0 Å².